The summed E-state index contributed by atoms with van der Waals surface area (Å²) in [5.74, 6) is 0.598. The maximum absolute atomic E-state index is 13.1. The predicted octanol–water partition coefficient (Wildman–Crippen LogP) is 4.33. The molecule has 7 nitrogen and oxygen atoms in total. The normalized spacial score (nSPS) is 13.9. The van der Waals surface area contributed by atoms with Crippen molar-refractivity contribution in [3.63, 3.8) is 0 Å². The van der Waals surface area contributed by atoms with Gasteiger partial charge in [-0.2, -0.15) is 14.9 Å². The fourth-order valence-corrected chi connectivity index (χ4v) is 4.14. The number of amides is 1. The third-order valence-electron chi connectivity index (χ3n) is 5.78. The van der Waals surface area contributed by atoms with Crippen molar-refractivity contribution in [1.29, 1.82) is 0 Å². The number of rotatable bonds is 5. The van der Waals surface area contributed by atoms with Crippen molar-refractivity contribution in [3.05, 3.63) is 101 Å². The Morgan fingerprint density at radius 2 is 1.44 bits per heavy atom. The summed E-state index contributed by atoms with van der Waals surface area (Å²) in [5.41, 5.74) is 2.31. The molecule has 4 aromatic rings. The van der Waals surface area contributed by atoms with Crippen molar-refractivity contribution in [1.82, 2.24) is 19.6 Å². The number of nitrogens with zero attached hydrogens (tertiary/aromatic N) is 4. The summed E-state index contributed by atoms with van der Waals surface area (Å²) in [5, 5.41) is 12.1. The molecule has 1 N–H and O–H groups in total. The maximum Gasteiger partial charge on any atom is 0.277 e. The van der Waals surface area contributed by atoms with Gasteiger partial charge in [0.25, 0.3) is 11.5 Å². The zero-order valence-corrected chi connectivity index (χ0v) is 17.5. The van der Waals surface area contributed by atoms with E-state index in [0.29, 0.717) is 17.4 Å². The first-order chi connectivity index (χ1) is 15.7. The fourth-order valence-electron chi connectivity index (χ4n) is 4.14. The van der Waals surface area contributed by atoms with E-state index in [1.54, 1.807) is 16.8 Å². The molecule has 0 saturated heterocycles. The van der Waals surface area contributed by atoms with E-state index in [1.165, 1.54) is 29.7 Å². The van der Waals surface area contributed by atoms with E-state index in [0.717, 1.165) is 24.2 Å². The molecule has 0 unspecified atom stereocenters. The van der Waals surface area contributed by atoms with E-state index in [1.807, 2.05) is 54.6 Å². The summed E-state index contributed by atoms with van der Waals surface area (Å²) in [6.07, 6.45) is 4.64. The van der Waals surface area contributed by atoms with Gasteiger partial charge < -0.3 is 5.32 Å². The zero-order valence-electron chi connectivity index (χ0n) is 17.5. The third-order valence-corrected chi connectivity index (χ3v) is 5.78. The number of anilines is 1. The second kappa shape index (κ2) is 8.63. The lowest BCUT2D eigenvalue weighted by Gasteiger charge is -2.10. The topological polar surface area (TPSA) is 81.8 Å². The molecule has 0 spiro atoms. The minimum absolute atomic E-state index is 0.150. The Bertz CT molecular complexity index is 1290. The van der Waals surface area contributed by atoms with Crippen molar-refractivity contribution in [3.8, 4) is 11.4 Å². The second-order valence-corrected chi connectivity index (χ2v) is 7.94. The van der Waals surface area contributed by atoms with Gasteiger partial charge in [0.15, 0.2) is 0 Å². The van der Waals surface area contributed by atoms with Crippen LogP contribution in [0.5, 0.6) is 0 Å². The lowest BCUT2D eigenvalue weighted by molar-refractivity contribution is 0.102. The molecule has 1 fully saturated rings. The Morgan fingerprint density at radius 3 is 2.09 bits per heavy atom. The molecule has 0 radical (unpaired) electrons. The molecule has 1 saturated carbocycles. The van der Waals surface area contributed by atoms with Crippen LogP contribution in [-0.4, -0.2) is 25.5 Å². The minimum atomic E-state index is -0.398. The van der Waals surface area contributed by atoms with Gasteiger partial charge in [-0.3, -0.25) is 9.59 Å². The molecular weight excluding hydrogens is 402 g/mol. The van der Waals surface area contributed by atoms with Crippen LogP contribution >= 0.6 is 0 Å². The molecular formula is C25H23N5O2. The third kappa shape index (κ3) is 3.97. The Labute approximate surface area is 185 Å². The molecule has 1 amide bonds. The molecule has 2 aromatic heterocycles. The van der Waals surface area contributed by atoms with Gasteiger partial charge in [-0.05, 0) is 43.2 Å². The number of para-hydroxylation sites is 2. The Hall–Kier alpha value is -4.00. The number of benzene rings is 2. The number of hydrogen-bond acceptors (Lipinski definition) is 4. The van der Waals surface area contributed by atoms with Crippen molar-refractivity contribution in [2.24, 2.45) is 0 Å². The average molecular weight is 425 g/mol. The van der Waals surface area contributed by atoms with Crippen LogP contribution in [0.2, 0.25) is 0 Å². The van der Waals surface area contributed by atoms with E-state index in [2.05, 4.69) is 10.4 Å². The average Bonchev–Trinajstić information content (AvgIpc) is 3.51. The molecule has 1 aliphatic rings. The highest BCUT2D eigenvalue weighted by Gasteiger charge is 2.23. The Balaban J connectivity index is 1.48. The van der Waals surface area contributed by atoms with Gasteiger partial charge in [-0.25, -0.2) is 4.68 Å². The largest absolute Gasteiger partial charge is 0.305 e. The Kier molecular flexibility index (Phi) is 5.37. The molecule has 1 aliphatic carbocycles. The van der Waals surface area contributed by atoms with Gasteiger partial charge in [0.05, 0.1) is 17.1 Å². The standard InChI is InChI=1S/C25H23N5O2/c31-24-16-15-21(27-30(24)20-13-5-2-6-14-20)25(32)26-23-17-22(18-9-7-8-10-18)28-29(23)19-11-3-1-4-12-19/h1-6,11-18H,7-10H2,(H,26,32). The van der Waals surface area contributed by atoms with Crippen LogP contribution in [0.25, 0.3) is 11.4 Å². The van der Waals surface area contributed by atoms with Gasteiger partial charge in [-0.15, -0.1) is 0 Å². The highest BCUT2D eigenvalue weighted by Crippen LogP contribution is 2.35. The quantitative estimate of drug-likeness (QED) is 0.516. The molecule has 32 heavy (non-hydrogen) atoms. The van der Waals surface area contributed by atoms with Crippen LogP contribution in [0.15, 0.2) is 83.7 Å². The summed E-state index contributed by atoms with van der Waals surface area (Å²) in [6.45, 7) is 0. The first-order valence-electron chi connectivity index (χ1n) is 10.8. The first-order valence-corrected chi connectivity index (χ1v) is 10.8. The summed E-state index contributed by atoms with van der Waals surface area (Å²) in [6, 6.07) is 23.5. The lowest BCUT2D eigenvalue weighted by Crippen LogP contribution is -2.25. The predicted molar refractivity (Wildman–Crippen MR) is 123 cm³/mol. The highest BCUT2D eigenvalue weighted by molar-refractivity contribution is 6.02. The first kappa shape index (κ1) is 19.9. The second-order valence-electron chi connectivity index (χ2n) is 7.94. The maximum atomic E-state index is 13.1. The fraction of sp³-hybridized carbons (Fsp3) is 0.200. The number of carbonyl (C=O) groups excluding carboxylic acids is 1. The molecule has 2 aromatic carbocycles. The van der Waals surface area contributed by atoms with Gasteiger partial charge >= 0.3 is 0 Å². The van der Waals surface area contributed by atoms with E-state index in [9.17, 15) is 9.59 Å². The summed E-state index contributed by atoms with van der Waals surface area (Å²) in [4.78, 5) is 25.4. The monoisotopic (exact) mass is 425 g/mol. The van der Waals surface area contributed by atoms with Crippen molar-refractivity contribution >= 4 is 11.7 Å². The van der Waals surface area contributed by atoms with Gasteiger partial charge in [0.2, 0.25) is 0 Å². The minimum Gasteiger partial charge on any atom is -0.305 e. The van der Waals surface area contributed by atoms with Crippen LogP contribution in [0.3, 0.4) is 0 Å². The van der Waals surface area contributed by atoms with Crippen molar-refractivity contribution in [2.75, 3.05) is 5.32 Å². The molecule has 7 heteroatoms. The van der Waals surface area contributed by atoms with Crippen LogP contribution in [0.4, 0.5) is 5.82 Å². The van der Waals surface area contributed by atoms with Gasteiger partial charge in [0, 0.05) is 18.1 Å². The molecule has 0 atom stereocenters. The van der Waals surface area contributed by atoms with Gasteiger partial charge in [0.1, 0.15) is 11.5 Å². The number of nitrogens with one attached hydrogen (secondary N) is 1. The molecule has 0 aliphatic heterocycles. The summed E-state index contributed by atoms with van der Waals surface area (Å²) >= 11 is 0. The van der Waals surface area contributed by atoms with Crippen LogP contribution in [0, 0.1) is 0 Å². The molecule has 0 bridgehead atoms. The van der Waals surface area contributed by atoms with Crippen LogP contribution in [0.1, 0.15) is 47.8 Å². The number of aromatic nitrogens is 4. The van der Waals surface area contributed by atoms with E-state index >= 15 is 0 Å². The smallest absolute Gasteiger partial charge is 0.277 e. The summed E-state index contributed by atoms with van der Waals surface area (Å²) < 4.78 is 2.99. The molecule has 5 rings (SSSR count). The van der Waals surface area contributed by atoms with E-state index < -0.39 is 5.91 Å². The zero-order chi connectivity index (χ0) is 21.9. The van der Waals surface area contributed by atoms with Crippen molar-refractivity contribution < 1.29 is 4.79 Å². The van der Waals surface area contributed by atoms with E-state index in [4.69, 9.17) is 5.10 Å². The molecule has 160 valence electrons. The van der Waals surface area contributed by atoms with Gasteiger partial charge in [-0.1, -0.05) is 49.2 Å². The van der Waals surface area contributed by atoms with Crippen LogP contribution in [-0.2, 0) is 0 Å². The highest BCUT2D eigenvalue weighted by atomic mass is 16.2. The summed E-state index contributed by atoms with van der Waals surface area (Å²) in [7, 11) is 0. The number of hydrogen-bond donors (Lipinski definition) is 1. The molecule has 2 heterocycles. The van der Waals surface area contributed by atoms with E-state index in [-0.39, 0.29) is 11.3 Å². The lowest BCUT2D eigenvalue weighted by atomic mass is 10.0. The SMILES string of the molecule is O=C(Nc1cc(C2CCCC2)nn1-c1ccccc1)c1ccc(=O)n(-c2ccccc2)n1. The van der Waals surface area contributed by atoms with Crippen molar-refractivity contribution in [2.45, 2.75) is 31.6 Å². The van der Waals surface area contributed by atoms with Crippen LogP contribution < -0.4 is 10.9 Å². The Morgan fingerprint density at radius 1 is 0.812 bits per heavy atom. The number of carbonyl (C=O) groups is 1.